The molecule has 0 unspecified atom stereocenters. The Morgan fingerprint density at radius 3 is 2.42 bits per heavy atom. The monoisotopic (exact) mass is 686 g/mol. The lowest BCUT2D eigenvalue weighted by molar-refractivity contribution is -0.144. The molecule has 2 heterocycles. The summed E-state index contributed by atoms with van der Waals surface area (Å²) in [6.45, 7) is 8.90. The van der Waals surface area contributed by atoms with Gasteiger partial charge < -0.3 is 36.8 Å². The first-order valence-electron chi connectivity index (χ1n) is 16.9. The average molecular weight is 687 g/mol. The van der Waals surface area contributed by atoms with Crippen LogP contribution >= 0.6 is 11.3 Å². The van der Waals surface area contributed by atoms with Gasteiger partial charge in [-0.2, -0.15) is 0 Å². The summed E-state index contributed by atoms with van der Waals surface area (Å²) in [7, 11) is 0. The number of unbranched alkanes of at least 4 members (excludes halogenated alkanes) is 4. The number of rotatable bonds is 19. The zero-order chi connectivity index (χ0) is 35.3. The maximum atomic E-state index is 13.8. The number of thiazole rings is 1. The second kappa shape index (κ2) is 19.0. The molecule has 13 heteroatoms. The van der Waals surface area contributed by atoms with E-state index in [0.717, 1.165) is 47.4 Å². The molecule has 0 saturated carbocycles. The van der Waals surface area contributed by atoms with Crippen LogP contribution in [0, 0.1) is 12.3 Å². The largest absolute Gasteiger partial charge is 0.391 e. The lowest BCUT2D eigenvalue weighted by Crippen LogP contribution is -2.57. The number of aromatic nitrogens is 1. The Labute approximate surface area is 288 Å². The van der Waals surface area contributed by atoms with E-state index >= 15 is 0 Å². The number of aryl methyl sites for hydroxylation is 1. The van der Waals surface area contributed by atoms with Gasteiger partial charge in [0, 0.05) is 45.0 Å². The van der Waals surface area contributed by atoms with Crippen LogP contribution in [-0.2, 0) is 30.5 Å². The lowest BCUT2D eigenvalue weighted by atomic mass is 9.85. The van der Waals surface area contributed by atoms with Crippen LogP contribution in [-0.4, -0.2) is 82.6 Å². The van der Waals surface area contributed by atoms with Gasteiger partial charge >= 0.3 is 0 Å². The summed E-state index contributed by atoms with van der Waals surface area (Å²) >= 11 is 1.58. The predicted octanol–water partition coefficient (Wildman–Crippen LogP) is 3.18. The minimum Gasteiger partial charge on any atom is -0.391 e. The molecule has 4 amide bonds. The van der Waals surface area contributed by atoms with Crippen molar-refractivity contribution in [1.29, 1.82) is 0 Å². The van der Waals surface area contributed by atoms with E-state index in [1.165, 1.54) is 4.90 Å². The van der Waals surface area contributed by atoms with Crippen molar-refractivity contribution < 1.29 is 29.0 Å². The number of carbonyl (C=O) groups excluding carboxylic acids is 4. The molecule has 1 aromatic heterocycles. The van der Waals surface area contributed by atoms with Gasteiger partial charge in [0.2, 0.25) is 23.6 Å². The molecule has 2 aromatic rings. The zero-order valence-electron chi connectivity index (χ0n) is 28.8. The van der Waals surface area contributed by atoms with Crippen LogP contribution < -0.4 is 22.1 Å². The molecule has 48 heavy (non-hydrogen) atoms. The number of β-amino-alcohol motifs (C(OH)–C–C–N with tert-alkyl or cyclic N) is 1. The van der Waals surface area contributed by atoms with Crippen molar-refractivity contribution in [1.82, 2.24) is 20.5 Å². The van der Waals surface area contributed by atoms with Crippen LogP contribution in [0.1, 0.15) is 89.8 Å². The summed E-state index contributed by atoms with van der Waals surface area (Å²) < 4.78 is 5.57. The van der Waals surface area contributed by atoms with Gasteiger partial charge in [-0.05, 0) is 42.7 Å². The highest BCUT2D eigenvalue weighted by Gasteiger charge is 2.44. The Kier molecular flexibility index (Phi) is 15.4. The molecule has 3 rings (SSSR count). The number of hydrogen-bond donors (Lipinski definition) is 5. The first-order valence-corrected chi connectivity index (χ1v) is 17.8. The normalized spacial score (nSPS) is 17.6. The molecule has 1 fully saturated rings. The van der Waals surface area contributed by atoms with E-state index in [0.29, 0.717) is 32.5 Å². The number of primary amides is 1. The fourth-order valence-corrected chi connectivity index (χ4v) is 6.49. The molecule has 0 bridgehead atoms. The number of nitrogens with two attached hydrogens (primary N) is 2. The van der Waals surface area contributed by atoms with Crippen molar-refractivity contribution in [2.45, 2.75) is 116 Å². The maximum Gasteiger partial charge on any atom is 0.246 e. The van der Waals surface area contributed by atoms with Crippen LogP contribution in [0.25, 0.3) is 10.4 Å². The smallest absolute Gasteiger partial charge is 0.246 e. The number of likely N-dealkylation sites (tertiary alicyclic amines) is 1. The van der Waals surface area contributed by atoms with Gasteiger partial charge in [0.25, 0.3) is 0 Å². The number of benzene rings is 1. The Hall–Kier alpha value is -3.39. The Morgan fingerprint density at radius 1 is 1.08 bits per heavy atom. The third-order valence-electron chi connectivity index (χ3n) is 8.50. The van der Waals surface area contributed by atoms with E-state index in [1.54, 1.807) is 11.3 Å². The number of amides is 4. The summed E-state index contributed by atoms with van der Waals surface area (Å²) in [5.74, 6) is -1.28. The number of nitrogens with one attached hydrogen (secondary N) is 2. The van der Waals surface area contributed by atoms with Crippen molar-refractivity contribution in [2.75, 3.05) is 19.8 Å². The highest BCUT2D eigenvalue weighted by molar-refractivity contribution is 7.13. The molecule has 1 aromatic carbocycles. The second-order valence-corrected chi connectivity index (χ2v) is 14.7. The van der Waals surface area contributed by atoms with Crippen molar-refractivity contribution in [3.8, 4) is 10.4 Å². The average Bonchev–Trinajstić information content (AvgIpc) is 3.65. The van der Waals surface area contributed by atoms with Crippen LogP contribution in [0.15, 0.2) is 29.8 Å². The molecule has 12 nitrogen and oxygen atoms in total. The fourth-order valence-electron chi connectivity index (χ4n) is 5.68. The van der Waals surface area contributed by atoms with E-state index in [9.17, 15) is 24.3 Å². The Bertz CT molecular complexity index is 1340. The summed E-state index contributed by atoms with van der Waals surface area (Å²) in [5, 5.41) is 16.3. The summed E-state index contributed by atoms with van der Waals surface area (Å²) in [6.07, 6.45) is 4.72. The van der Waals surface area contributed by atoms with Crippen molar-refractivity contribution in [2.24, 2.45) is 16.9 Å². The molecule has 1 aliphatic heterocycles. The minimum absolute atomic E-state index is 0.0330. The fraction of sp³-hybridized carbons (Fsp3) is 0.629. The standard InChI is InChI=1S/C35H54N6O6S/c1-23-31(48-22-39-23)25-13-11-24(12-14-25)19-38-33(45)28-18-27(42)20-41(28)34(46)32(35(2,3)4)40-30(44)10-8-6-5-7-9-17-47-21-26(36)15-16-29(37)43/h11-14,22,26-28,32,42H,5-10,15-21,36H2,1-4H3,(H2,37,43)(H,38,45)(H,40,44)/t26-,27+,28-,32+/m0/s1. The topological polar surface area (TPSA) is 190 Å². The Morgan fingerprint density at radius 2 is 1.77 bits per heavy atom. The lowest BCUT2D eigenvalue weighted by Gasteiger charge is -2.35. The minimum atomic E-state index is -0.847. The highest BCUT2D eigenvalue weighted by atomic mass is 32.1. The predicted molar refractivity (Wildman–Crippen MR) is 187 cm³/mol. The van der Waals surface area contributed by atoms with E-state index in [4.69, 9.17) is 16.2 Å². The van der Waals surface area contributed by atoms with E-state index in [1.807, 2.05) is 57.5 Å². The van der Waals surface area contributed by atoms with Gasteiger partial charge in [0.05, 0.1) is 28.8 Å². The first kappa shape index (κ1) is 39.1. The van der Waals surface area contributed by atoms with Crippen molar-refractivity contribution in [3.05, 3.63) is 41.0 Å². The number of aliphatic hydroxyl groups is 1. The third kappa shape index (κ3) is 12.6. The molecular weight excluding hydrogens is 632 g/mol. The molecule has 266 valence electrons. The number of aliphatic hydroxyl groups excluding tert-OH is 1. The van der Waals surface area contributed by atoms with Crippen LogP contribution in [0.2, 0.25) is 0 Å². The van der Waals surface area contributed by atoms with Crippen LogP contribution in [0.3, 0.4) is 0 Å². The van der Waals surface area contributed by atoms with Gasteiger partial charge in [0.15, 0.2) is 0 Å². The summed E-state index contributed by atoms with van der Waals surface area (Å²) in [6, 6.07) is 6.03. The zero-order valence-corrected chi connectivity index (χ0v) is 29.7. The number of carbonyl (C=O) groups is 4. The molecule has 1 aliphatic rings. The number of hydrogen-bond acceptors (Lipinski definition) is 9. The summed E-state index contributed by atoms with van der Waals surface area (Å²) in [4.78, 5) is 57.7. The van der Waals surface area contributed by atoms with Gasteiger partial charge in [-0.25, -0.2) is 4.98 Å². The van der Waals surface area contributed by atoms with E-state index < -0.39 is 23.6 Å². The van der Waals surface area contributed by atoms with Gasteiger partial charge in [0.1, 0.15) is 12.1 Å². The number of ether oxygens (including phenoxy) is 1. The molecular formula is C35H54N6O6S. The van der Waals surface area contributed by atoms with Gasteiger partial charge in [-0.1, -0.05) is 64.3 Å². The van der Waals surface area contributed by atoms with E-state index in [-0.39, 0.29) is 55.6 Å². The highest BCUT2D eigenvalue weighted by Crippen LogP contribution is 2.28. The van der Waals surface area contributed by atoms with Gasteiger partial charge in [-0.3, -0.25) is 19.2 Å². The third-order valence-corrected chi connectivity index (χ3v) is 9.48. The van der Waals surface area contributed by atoms with Crippen molar-refractivity contribution >= 4 is 35.0 Å². The molecule has 4 atom stereocenters. The summed E-state index contributed by atoms with van der Waals surface area (Å²) in [5.41, 5.74) is 15.2. The van der Waals surface area contributed by atoms with Gasteiger partial charge in [-0.15, -0.1) is 11.3 Å². The maximum absolute atomic E-state index is 13.8. The molecule has 0 radical (unpaired) electrons. The molecule has 0 aliphatic carbocycles. The Balaban J connectivity index is 1.43. The number of nitrogens with zero attached hydrogens (tertiary/aromatic N) is 2. The van der Waals surface area contributed by atoms with Crippen molar-refractivity contribution in [3.63, 3.8) is 0 Å². The van der Waals surface area contributed by atoms with Crippen LogP contribution in [0.5, 0.6) is 0 Å². The SMILES string of the molecule is Cc1ncsc1-c1ccc(CNC(=O)[C@@H]2C[C@@H](O)CN2C(=O)[C@@H](NC(=O)CCCCCCCOC[C@@H](N)CCC(N)=O)C(C)(C)C)cc1. The molecule has 1 saturated heterocycles. The first-order chi connectivity index (χ1) is 22.8. The van der Waals surface area contributed by atoms with E-state index in [2.05, 4.69) is 15.6 Å². The second-order valence-electron chi connectivity index (χ2n) is 13.8. The molecule has 7 N–H and O–H groups in total. The molecule has 0 spiro atoms. The van der Waals surface area contributed by atoms with Crippen LogP contribution in [0.4, 0.5) is 0 Å². The quantitative estimate of drug-likeness (QED) is 0.139.